The maximum Gasteiger partial charge on any atom is 0.460 e. The minimum Gasteiger partial charge on any atom is -0.374 e. The van der Waals surface area contributed by atoms with E-state index >= 15 is 0 Å². The zero-order chi connectivity index (χ0) is 24.0. The number of ether oxygens (including phenoxy) is 1. The van der Waals surface area contributed by atoms with Gasteiger partial charge in [-0.05, 0) is 12.5 Å². The molecule has 0 aliphatic heterocycles. The largest absolute Gasteiger partial charge is 0.460 e. The van der Waals surface area contributed by atoms with Crippen LogP contribution in [0.25, 0.3) is 0 Å². The van der Waals surface area contributed by atoms with E-state index in [4.69, 9.17) is 0 Å². The molecule has 172 valence electrons. The van der Waals surface area contributed by atoms with Crippen LogP contribution in [0.2, 0.25) is 0 Å². The molecule has 1 aromatic rings. The van der Waals surface area contributed by atoms with E-state index in [9.17, 15) is 58.4 Å². The van der Waals surface area contributed by atoms with Crippen molar-refractivity contribution < 1.29 is 58.0 Å². The van der Waals surface area contributed by atoms with Gasteiger partial charge in [-0.25, -0.2) is 0 Å². The van der Waals surface area contributed by atoms with E-state index in [2.05, 4.69) is 4.74 Å². The molecular weight excluding hydrogens is 451 g/mol. The summed E-state index contributed by atoms with van der Waals surface area (Å²) in [7, 11) is 0.607. The van der Waals surface area contributed by atoms with Gasteiger partial charge < -0.3 is 4.74 Å². The van der Waals surface area contributed by atoms with E-state index in [-0.39, 0.29) is 0 Å². The normalized spacial score (nSPS) is 16.3. The molecule has 0 fully saturated rings. The van der Waals surface area contributed by atoms with Gasteiger partial charge in [-0.15, -0.1) is 0 Å². The summed E-state index contributed by atoms with van der Waals surface area (Å²) in [6.07, 6.45) is -9.78. The Morgan fingerprint density at radius 1 is 0.900 bits per heavy atom. The Bertz CT molecular complexity index is 794. The van der Waals surface area contributed by atoms with Gasteiger partial charge in [0.15, 0.2) is 0 Å². The van der Waals surface area contributed by atoms with Crippen LogP contribution in [0.4, 0.5) is 54.0 Å². The molecule has 0 spiro atoms. The fourth-order valence-corrected chi connectivity index (χ4v) is 2.38. The molecule has 0 saturated carbocycles. The third kappa shape index (κ3) is 4.03. The smallest absolute Gasteiger partial charge is 0.374 e. The molecule has 0 bridgehead atoms. The Hall–Kier alpha value is -2.19. The van der Waals surface area contributed by atoms with Gasteiger partial charge >= 0.3 is 29.9 Å². The van der Waals surface area contributed by atoms with Crippen molar-refractivity contribution in [1.82, 2.24) is 0 Å². The quantitative estimate of drug-likeness (QED) is 0.272. The number of rotatable bonds is 8. The number of hydrogen-bond acceptors (Lipinski definition) is 3. The Morgan fingerprint density at radius 2 is 1.40 bits per heavy atom. The standard InChI is InChI=1S/C15H12F11NO3/c1-10(30-2,8-4-3-5-9(6-8)27(28)29)7-11(16,17)12(18,19)13(20,21)14(22,23)15(24,25)26/h3-6H,7H2,1-2H3. The van der Waals surface area contributed by atoms with Gasteiger partial charge in [0.2, 0.25) is 0 Å². The summed E-state index contributed by atoms with van der Waals surface area (Å²) in [4.78, 5) is 9.73. The van der Waals surface area contributed by atoms with Crippen LogP contribution in [0, 0.1) is 10.1 Å². The van der Waals surface area contributed by atoms with Crippen LogP contribution >= 0.6 is 0 Å². The van der Waals surface area contributed by atoms with Crippen LogP contribution < -0.4 is 0 Å². The molecule has 30 heavy (non-hydrogen) atoms. The number of benzene rings is 1. The lowest BCUT2D eigenvalue weighted by Gasteiger charge is -2.40. The Kier molecular flexibility index (Phi) is 6.46. The molecule has 0 amide bonds. The predicted octanol–water partition coefficient (Wildman–Crippen LogP) is 5.95. The topological polar surface area (TPSA) is 52.4 Å². The molecule has 1 unspecified atom stereocenters. The van der Waals surface area contributed by atoms with Crippen LogP contribution in [0.3, 0.4) is 0 Å². The Balaban J connectivity index is 3.47. The minimum absolute atomic E-state index is 0.556. The van der Waals surface area contributed by atoms with Crippen LogP contribution in [0.1, 0.15) is 18.9 Å². The molecule has 1 rings (SSSR count). The van der Waals surface area contributed by atoms with Crippen LogP contribution in [-0.4, -0.2) is 41.9 Å². The lowest BCUT2D eigenvalue weighted by molar-refractivity contribution is -0.424. The highest BCUT2D eigenvalue weighted by Crippen LogP contribution is 2.59. The summed E-state index contributed by atoms with van der Waals surface area (Å²) >= 11 is 0. The van der Waals surface area contributed by atoms with Gasteiger partial charge in [-0.2, -0.15) is 48.3 Å². The predicted molar refractivity (Wildman–Crippen MR) is 77.9 cm³/mol. The fourth-order valence-electron chi connectivity index (χ4n) is 2.38. The number of alkyl halides is 11. The minimum atomic E-state index is -7.54. The molecule has 0 aliphatic rings. The van der Waals surface area contributed by atoms with E-state index < -0.39 is 58.1 Å². The fraction of sp³-hybridized carbons (Fsp3) is 0.600. The second-order valence-electron chi connectivity index (χ2n) is 6.34. The summed E-state index contributed by atoms with van der Waals surface area (Å²) in [5.74, 6) is -28.4. The zero-order valence-corrected chi connectivity index (χ0v) is 14.8. The van der Waals surface area contributed by atoms with Crippen molar-refractivity contribution in [2.45, 2.75) is 48.8 Å². The molecule has 4 nitrogen and oxygen atoms in total. The van der Waals surface area contributed by atoms with Crippen molar-refractivity contribution in [3.63, 3.8) is 0 Å². The van der Waals surface area contributed by atoms with E-state index in [1.165, 1.54) is 0 Å². The lowest BCUT2D eigenvalue weighted by atomic mass is 9.84. The molecule has 0 aromatic heterocycles. The Labute approximate surface area is 160 Å². The second kappa shape index (κ2) is 7.50. The molecule has 1 aromatic carbocycles. The van der Waals surface area contributed by atoms with E-state index in [1.807, 2.05) is 0 Å². The third-order valence-electron chi connectivity index (χ3n) is 4.28. The van der Waals surface area contributed by atoms with E-state index in [0.29, 0.717) is 20.1 Å². The highest BCUT2D eigenvalue weighted by atomic mass is 19.4. The molecule has 0 N–H and O–H groups in total. The molecule has 15 heteroatoms. The average Bonchev–Trinajstić information content (AvgIpc) is 2.59. The lowest BCUT2D eigenvalue weighted by Crippen LogP contribution is -2.67. The molecule has 0 radical (unpaired) electrons. The number of nitro groups is 1. The summed E-state index contributed by atoms with van der Waals surface area (Å²) in [6.45, 7) is 0.579. The number of nitrogens with zero attached hydrogens (tertiary/aromatic N) is 1. The first kappa shape index (κ1) is 25.8. The van der Waals surface area contributed by atoms with Crippen LogP contribution in [-0.2, 0) is 10.3 Å². The van der Waals surface area contributed by atoms with Gasteiger partial charge in [0.1, 0.15) is 0 Å². The molecule has 0 aliphatic carbocycles. The van der Waals surface area contributed by atoms with Crippen LogP contribution in [0.15, 0.2) is 24.3 Å². The average molecular weight is 463 g/mol. The van der Waals surface area contributed by atoms with Crippen LogP contribution in [0.5, 0.6) is 0 Å². The van der Waals surface area contributed by atoms with Crippen molar-refractivity contribution in [1.29, 1.82) is 0 Å². The summed E-state index contributed by atoms with van der Waals surface area (Å²) in [6, 6.07) is 3.14. The summed E-state index contributed by atoms with van der Waals surface area (Å²) in [5, 5.41) is 10.8. The molecule has 0 saturated heterocycles. The first-order chi connectivity index (χ1) is 13.2. The highest BCUT2D eigenvalue weighted by molar-refractivity contribution is 5.37. The second-order valence-corrected chi connectivity index (χ2v) is 6.34. The highest BCUT2D eigenvalue weighted by Gasteiger charge is 2.87. The van der Waals surface area contributed by atoms with Crippen molar-refractivity contribution in [3.8, 4) is 0 Å². The van der Waals surface area contributed by atoms with Gasteiger partial charge in [0.25, 0.3) is 5.69 Å². The number of halogens is 11. The maximum atomic E-state index is 14.1. The van der Waals surface area contributed by atoms with Crippen molar-refractivity contribution in [3.05, 3.63) is 39.9 Å². The SMILES string of the molecule is COC(C)(CC(F)(F)C(F)(F)C(F)(F)C(F)(F)C(F)(F)F)c1cccc([N+](=O)[O-])c1. The number of non-ortho nitro benzene ring substituents is 1. The van der Waals surface area contributed by atoms with E-state index in [1.54, 1.807) is 0 Å². The molecule has 1 atom stereocenters. The number of methoxy groups -OCH3 is 1. The molecule has 0 heterocycles. The first-order valence-electron chi connectivity index (χ1n) is 7.56. The third-order valence-corrected chi connectivity index (χ3v) is 4.28. The molecular formula is C15H12F11NO3. The number of nitro benzene ring substituents is 1. The summed E-state index contributed by atoms with van der Waals surface area (Å²) < 4.78 is 149. The zero-order valence-electron chi connectivity index (χ0n) is 14.8. The van der Waals surface area contributed by atoms with Gasteiger partial charge in [-0.1, -0.05) is 12.1 Å². The van der Waals surface area contributed by atoms with Gasteiger partial charge in [-0.3, -0.25) is 10.1 Å². The monoisotopic (exact) mass is 463 g/mol. The Morgan fingerprint density at radius 3 is 1.80 bits per heavy atom. The van der Waals surface area contributed by atoms with Gasteiger partial charge in [0, 0.05) is 19.2 Å². The van der Waals surface area contributed by atoms with Gasteiger partial charge in [0.05, 0.1) is 16.9 Å². The van der Waals surface area contributed by atoms with Crippen molar-refractivity contribution >= 4 is 5.69 Å². The first-order valence-corrected chi connectivity index (χ1v) is 7.56. The van der Waals surface area contributed by atoms with Crippen molar-refractivity contribution in [2.24, 2.45) is 0 Å². The van der Waals surface area contributed by atoms with E-state index in [0.717, 1.165) is 18.2 Å². The summed E-state index contributed by atoms with van der Waals surface area (Å²) in [5.41, 5.74) is -4.09. The van der Waals surface area contributed by atoms with Crippen molar-refractivity contribution in [2.75, 3.05) is 7.11 Å². The maximum absolute atomic E-state index is 14.1. The number of hydrogen-bond donors (Lipinski definition) is 0.